The topological polar surface area (TPSA) is 158 Å². The Hall–Kier alpha value is -3.64. The molecule has 0 bridgehead atoms. The minimum Gasteiger partial charge on any atom is -0.491 e. The summed E-state index contributed by atoms with van der Waals surface area (Å²) in [6, 6.07) is 12.2. The van der Waals surface area contributed by atoms with Crippen LogP contribution in [0.25, 0.3) is 0 Å². The van der Waals surface area contributed by atoms with E-state index in [0.29, 0.717) is 12.4 Å². The van der Waals surface area contributed by atoms with E-state index in [1.807, 2.05) is 6.92 Å². The highest BCUT2D eigenvalue weighted by Crippen LogP contribution is 2.13. The second-order valence-corrected chi connectivity index (χ2v) is 9.29. The van der Waals surface area contributed by atoms with Gasteiger partial charge in [0.25, 0.3) is 5.91 Å². The number of rotatable bonds is 11. The van der Waals surface area contributed by atoms with Gasteiger partial charge < -0.3 is 25.8 Å². The lowest BCUT2D eigenvalue weighted by atomic mass is 10.2. The zero-order chi connectivity index (χ0) is 24.6. The standard InChI is InChI=1S/C22H27N5O6S/c1-15(26-22-23-11-12-24-22)14-33-17-9-7-16(8-10-17)20(28)25-13-19(21(29)30)27-34(31,32)18-5-3-2-4-6-18/h2-10,15,19,27H,11-14H2,1H3,(H,25,28)(H,29,30)(H2,23,24,26)/t15-,19-/m0/s1. The molecule has 1 aliphatic heterocycles. The molecule has 2 aromatic rings. The first-order valence-corrected chi connectivity index (χ1v) is 12.1. The molecule has 1 aliphatic rings. The number of nitrogens with one attached hydrogen (secondary N) is 4. The molecule has 1 heterocycles. The first-order valence-electron chi connectivity index (χ1n) is 10.6. The van der Waals surface area contributed by atoms with Crippen LogP contribution in [0.3, 0.4) is 0 Å². The number of sulfonamides is 1. The van der Waals surface area contributed by atoms with Crippen molar-refractivity contribution >= 4 is 27.9 Å². The monoisotopic (exact) mass is 489 g/mol. The van der Waals surface area contributed by atoms with Crippen LogP contribution in [0.2, 0.25) is 0 Å². The number of carboxylic acid groups (broad SMARTS) is 1. The summed E-state index contributed by atoms with van der Waals surface area (Å²) in [5.74, 6) is -0.651. The molecule has 0 fully saturated rings. The molecule has 0 radical (unpaired) electrons. The van der Waals surface area contributed by atoms with Gasteiger partial charge >= 0.3 is 5.97 Å². The van der Waals surface area contributed by atoms with Gasteiger partial charge in [0.1, 0.15) is 18.4 Å². The van der Waals surface area contributed by atoms with Crippen LogP contribution in [0.4, 0.5) is 0 Å². The number of nitrogens with zero attached hydrogens (tertiary/aromatic N) is 1. The Morgan fingerprint density at radius 2 is 1.85 bits per heavy atom. The van der Waals surface area contributed by atoms with Crippen molar-refractivity contribution in [1.82, 2.24) is 20.7 Å². The van der Waals surface area contributed by atoms with Gasteiger partial charge in [0.05, 0.1) is 17.5 Å². The van der Waals surface area contributed by atoms with Crippen LogP contribution >= 0.6 is 0 Å². The molecule has 12 heteroatoms. The Balaban J connectivity index is 1.50. The second-order valence-electron chi connectivity index (χ2n) is 7.57. The van der Waals surface area contributed by atoms with E-state index in [4.69, 9.17) is 4.74 Å². The summed E-state index contributed by atoms with van der Waals surface area (Å²) < 4.78 is 32.6. The Labute approximate surface area is 197 Å². The molecular weight excluding hydrogens is 462 g/mol. The molecule has 3 rings (SSSR count). The third-order valence-corrected chi connectivity index (χ3v) is 6.28. The maximum Gasteiger partial charge on any atom is 0.323 e. The number of aliphatic carboxylic acids is 1. The van der Waals surface area contributed by atoms with Crippen LogP contribution in [0.5, 0.6) is 5.75 Å². The van der Waals surface area contributed by atoms with Gasteiger partial charge in [-0.05, 0) is 43.3 Å². The summed E-state index contributed by atoms with van der Waals surface area (Å²) in [5, 5.41) is 18.1. The van der Waals surface area contributed by atoms with E-state index in [1.54, 1.807) is 18.2 Å². The second kappa shape index (κ2) is 11.5. The maximum absolute atomic E-state index is 12.4. The molecule has 0 spiro atoms. The van der Waals surface area contributed by atoms with E-state index in [0.717, 1.165) is 19.0 Å². The SMILES string of the molecule is C[C@@H](COc1ccc(C(=O)NC[C@H](NS(=O)(=O)c2ccccc2)C(=O)O)cc1)NC1=NCCN1. The number of hydrogen-bond acceptors (Lipinski definition) is 8. The van der Waals surface area contributed by atoms with Crippen molar-refractivity contribution in [2.75, 3.05) is 26.2 Å². The van der Waals surface area contributed by atoms with Crippen molar-refractivity contribution < 1.29 is 27.9 Å². The third kappa shape index (κ3) is 7.18. The van der Waals surface area contributed by atoms with E-state index in [9.17, 15) is 23.1 Å². The number of guanidine groups is 1. The van der Waals surface area contributed by atoms with E-state index in [1.165, 1.54) is 36.4 Å². The molecule has 182 valence electrons. The van der Waals surface area contributed by atoms with Crippen molar-refractivity contribution in [3.63, 3.8) is 0 Å². The number of aliphatic imine (C=N–C) groups is 1. The van der Waals surface area contributed by atoms with E-state index in [-0.39, 0.29) is 16.5 Å². The Bertz CT molecular complexity index is 1120. The Kier molecular flexibility index (Phi) is 8.44. The molecule has 0 aliphatic carbocycles. The van der Waals surface area contributed by atoms with Gasteiger partial charge in [-0.1, -0.05) is 18.2 Å². The zero-order valence-electron chi connectivity index (χ0n) is 18.5. The van der Waals surface area contributed by atoms with Gasteiger partial charge in [0, 0.05) is 18.7 Å². The summed E-state index contributed by atoms with van der Waals surface area (Å²) in [6.45, 7) is 3.46. The smallest absolute Gasteiger partial charge is 0.323 e. The van der Waals surface area contributed by atoms with Gasteiger partial charge in [-0.25, -0.2) is 8.42 Å². The van der Waals surface area contributed by atoms with Gasteiger partial charge in [0.15, 0.2) is 5.96 Å². The van der Waals surface area contributed by atoms with Crippen LogP contribution in [-0.2, 0) is 14.8 Å². The molecule has 0 aromatic heterocycles. The molecule has 0 saturated carbocycles. The van der Waals surface area contributed by atoms with Crippen LogP contribution in [0, 0.1) is 0 Å². The molecular formula is C22H27N5O6S. The average molecular weight is 490 g/mol. The minimum atomic E-state index is -4.06. The highest BCUT2D eigenvalue weighted by molar-refractivity contribution is 7.89. The number of hydrogen-bond donors (Lipinski definition) is 5. The Morgan fingerprint density at radius 3 is 2.47 bits per heavy atom. The fourth-order valence-electron chi connectivity index (χ4n) is 3.02. The minimum absolute atomic E-state index is 0.0138. The summed E-state index contributed by atoms with van der Waals surface area (Å²) in [6.07, 6.45) is 0. The van der Waals surface area contributed by atoms with E-state index in [2.05, 4.69) is 25.7 Å². The van der Waals surface area contributed by atoms with Gasteiger partial charge in [-0.2, -0.15) is 4.72 Å². The van der Waals surface area contributed by atoms with E-state index < -0.39 is 34.5 Å². The van der Waals surface area contributed by atoms with Gasteiger partial charge in [-0.15, -0.1) is 0 Å². The van der Waals surface area contributed by atoms with Crippen molar-refractivity contribution in [2.24, 2.45) is 4.99 Å². The maximum atomic E-state index is 12.4. The number of ether oxygens (including phenoxy) is 1. The molecule has 5 N–H and O–H groups in total. The van der Waals surface area contributed by atoms with Crippen molar-refractivity contribution in [3.8, 4) is 5.75 Å². The lowest BCUT2D eigenvalue weighted by Crippen LogP contribution is -2.48. The molecule has 2 atom stereocenters. The van der Waals surface area contributed by atoms with Crippen LogP contribution < -0.4 is 25.4 Å². The van der Waals surface area contributed by atoms with Gasteiger partial charge in [-0.3, -0.25) is 14.6 Å². The van der Waals surface area contributed by atoms with Crippen molar-refractivity contribution in [3.05, 3.63) is 60.2 Å². The lowest BCUT2D eigenvalue weighted by Gasteiger charge is -2.17. The largest absolute Gasteiger partial charge is 0.491 e. The summed E-state index contributed by atoms with van der Waals surface area (Å²) >= 11 is 0. The van der Waals surface area contributed by atoms with Crippen LogP contribution in [0.15, 0.2) is 64.5 Å². The quantitative estimate of drug-likeness (QED) is 0.299. The van der Waals surface area contributed by atoms with Crippen LogP contribution in [0.1, 0.15) is 17.3 Å². The van der Waals surface area contributed by atoms with Gasteiger partial charge in [0.2, 0.25) is 10.0 Å². The highest BCUT2D eigenvalue weighted by Gasteiger charge is 2.26. The normalized spacial score (nSPS) is 14.9. The van der Waals surface area contributed by atoms with Crippen molar-refractivity contribution in [2.45, 2.75) is 23.9 Å². The summed E-state index contributed by atoms with van der Waals surface area (Å²) in [7, 11) is -4.06. The first-order chi connectivity index (χ1) is 16.2. The third-order valence-electron chi connectivity index (χ3n) is 4.79. The zero-order valence-corrected chi connectivity index (χ0v) is 19.3. The summed E-state index contributed by atoms with van der Waals surface area (Å²) in [5.41, 5.74) is 0.276. The van der Waals surface area contributed by atoms with Crippen molar-refractivity contribution in [1.29, 1.82) is 0 Å². The number of carbonyl (C=O) groups excluding carboxylic acids is 1. The lowest BCUT2D eigenvalue weighted by molar-refractivity contribution is -0.138. The molecule has 11 nitrogen and oxygen atoms in total. The molecule has 1 amide bonds. The number of carboxylic acids is 1. The number of carbonyl (C=O) groups is 2. The number of amides is 1. The molecule has 0 saturated heterocycles. The highest BCUT2D eigenvalue weighted by atomic mass is 32.2. The average Bonchev–Trinajstić information content (AvgIpc) is 3.34. The predicted octanol–water partition coefficient (Wildman–Crippen LogP) is 0.164. The molecule has 34 heavy (non-hydrogen) atoms. The first kappa shape index (κ1) is 25.0. The Morgan fingerprint density at radius 1 is 1.15 bits per heavy atom. The predicted molar refractivity (Wildman–Crippen MR) is 125 cm³/mol. The molecule has 0 unspecified atom stereocenters. The summed E-state index contributed by atoms with van der Waals surface area (Å²) in [4.78, 5) is 28.1. The number of benzene rings is 2. The van der Waals surface area contributed by atoms with Crippen LogP contribution in [-0.4, -0.2) is 69.7 Å². The fraction of sp³-hybridized carbons (Fsp3) is 0.318. The molecule has 2 aromatic carbocycles. The van der Waals surface area contributed by atoms with E-state index >= 15 is 0 Å². The fourth-order valence-corrected chi connectivity index (χ4v) is 4.23.